The Morgan fingerprint density at radius 3 is 2.72 bits per heavy atom. The Morgan fingerprint density at radius 2 is 2.11 bits per heavy atom. The van der Waals surface area contributed by atoms with Crippen LogP contribution in [0.15, 0.2) is 0 Å². The van der Waals surface area contributed by atoms with Crippen LogP contribution in [-0.4, -0.2) is 72.7 Å². The third-order valence-corrected chi connectivity index (χ3v) is 4.11. The van der Waals surface area contributed by atoms with Gasteiger partial charge in [-0.3, -0.25) is 9.69 Å². The van der Waals surface area contributed by atoms with Gasteiger partial charge in [0.05, 0.1) is 5.60 Å². The lowest BCUT2D eigenvalue weighted by molar-refractivity contribution is -0.136. The van der Waals surface area contributed by atoms with Crippen molar-refractivity contribution in [3.05, 3.63) is 0 Å². The zero-order valence-electron chi connectivity index (χ0n) is 11.5. The lowest BCUT2D eigenvalue weighted by Crippen LogP contribution is -2.60. The molecule has 0 spiro atoms. The molecule has 1 aliphatic carbocycles. The fraction of sp³-hybridized carbons (Fsp3) is 0.923. The molecule has 1 saturated carbocycles. The maximum absolute atomic E-state index is 12.1. The van der Waals surface area contributed by atoms with Crippen LogP contribution in [0, 0.1) is 0 Å². The van der Waals surface area contributed by atoms with E-state index < -0.39 is 5.60 Å². The molecule has 5 heteroatoms. The van der Waals surface area contributed by atoms with Gasteiger partial charge in [0.25, 0.3) is 0 Å². The van der Waals surface area contributed by atoms with Gasteiger partial charge in [-0.25, -0.2) is 0 Å². The number of piperazine rings is 1. The first-order valence-corrected chi connectivity index (χ1v) is 6.90. The average Bonchev–Trinajstić information content (AvgIpc) is 2.75. The highest BCUT2D eigenvalue weighted by molar-refractivity contribution is 5.81. The number of aliphatic hydroxyl groups is 1. The molecule has 2 aliphatic rings. The van der Waals surface area contributed by atoms with Crippen LogP contribution in [0.2, 0.25) is 0 Å². The molecule has 18 heavy (non-hydrogen) atoms. The summed E-state index contributed by atoms with van der Waals surface area (Å²) >= 11 is 0. The Labute approximate surface area is 109 Å². The zero-order valence-corrected chi connectivity index (χ0v) is 11.5. The van der Waals surface area contributed by atoms with Crippen LogP contribution in [-0.2, 0) is 4.79 Å². The highest BCUT2D eigenvalue weighted by Crippen LogP contribution is 2.30. The smallest absolute Gasteiger partial charge is 0.240 e. The van der Waals surface area contributed by atoms with Gasteiger partial charge in [-0.15, -0.1) is 0 Å². The van der Waals surface area contributed by atoms with Crippen LogP contribution in [0.1, 0.15) is 25.7 Å². The van der Waals surface area contributed by atoms with Crippen LogP contribution in [0.3, 0.4) is 0 Å². The molecule has 5 nitrogen and oxygen atoms in total. The molecule has 1 atom stereocenters. The monoisotopic (exact) mass is 255 g/mol. The van der Waals surface area contributed by atoms with Gasteiger partial charge < -0.3 is 15.3 Å². The predicted molar refractivity (Wildman–Crippen MR) is 70.3 cm³/mol. The maximum Gasteiger partial charge on any atom is 0.240 e. The molecule has 104 valence electrons. The minimum absolute atomic E-state index is 0.127. The molecule has 0 aromatic carbocycles. The van der Waals surface area contributed by atoms with Crippen molar-refractivity contribution < 1.29 is 9.90 Å². The van der Waals surface area contributed by atoms with Crippen molar-refractivity contribution in [2.24, 2.45) is 0 Å². The molecule has 1 saturated heterocycles. The maximum atomic E-state index is 12.1. The lowest BCUT2D eigenvalue weighted by Gasteiger charge is -2.40. The summed E-state index contributed by atoms with van der Waals surface area (Å²) < 4.78 is 0. The molecule has 1 unspecified atom stereocenters. The molecule has 0 radical (unpaired) electrons. The van der Waals surface area contributed by atoms with E-state index in [0.717, 1.165) is 38.8 Å². The lowest BCUT2D eigenvalue weighted by atomic mass is 9.99. The number of nitrogens with one attached hydrogen (secondary N) is 1. The summed E-state index contributed by atoms with van der Waals surface area (Å²) in [4.78, 5) is 15.9. The Hall–Kier alpha value is -0.650. The quantitative estimate of drug-likeness (QED) is 0.724. The van der Waals surface area contributed by atoms with Crippen molar-refractivity contribution >= 4 is 5.91 Å². The molecule has 0 bridgehead atoms. The third kappa shape index (κ3) is 3.02. The van der Waals surface area contributed by atoms with E-state index in [1.54, 1.807) is 19.0 Å². The number of carbonyl (C=O) groups excluding carboxylic acids is 1. The Kier molecular flexibility index (Phi) is 4.25. The van der Waals surface area contributed by atoms with E-state index in [0.29, 0.717) is 13.1 Å². The second-order valence-corrected chi connectivity index (χ2v) is 5.85. The summed E-state index contributed by atoms with van der Waals surface area (Å²) in [5.74, 6) is 0.129. The van der Waals surface area contributed by atoms with Crippen molar-refractivity contribution in [2.45, 2.75) is 37.3 Å². The van der Waals surface area contributed by atoms with Gasteiger partial charge in [-0.1, -0.05) is 12.8 Å². The predicted octanol–water partition coefficient (Wildman–Crippen LogP) is -0.346. The van der Waals surface area contributed by atoms with Gasteiger partial charge >= 0.3 is 0 Å². The van der Waals surface area contributed by atoms with Gasteiger partial charge in [0.15, 0.2) is 0 Å². The second-order valence-electron chi connectivity index (χ2n) is 5.85. The largest absolute Gasteiger partial charge is 0.389 e. The van der Waals surface area contributed by atoms with Crippen molar-refractivity contribution in [2.75, 3.05) is 40.3 Å². The molecule has 2 fully saturated rings. The fourth-order valence-corrected chi connectivity index (χ4v) is 3.05. The highest BCUT2D eigenvalue weighted by atomic mass is 16.3. The normalized spacial score (nSPS) is 28.3. The van der Waals surface area contributed by atoms with E-state index in [1.807, 2.05) is 0 Å². The van der Waals surface area contributed by atoms with E-state index in [-0.39, 0.29) is 11.9 Å². The molecular formula is C13H25N3O2. The number of nitrogens with zero attached hydrogens (tertiary/aromatic N) is 2. The first kappa shape index (κ1) is 13.8. The molecule has 1 amide bonds. The highest BCUT2D eigenvalue weighted by Gasteiger charge is 2.38. The van der Waals surface area contributed by atoms with E-state index in [1.165, 1.54) is 0 Å². The van der Waals surface area contributed by atoms with Crippen LogP contribution in [0.4, 0.5) is 0 Å². The van der Waals surface area contributed by atoms with E-state index in [9.17, 15) is 9.90 Å². The second kappa shape index (κ2) is 5.55. The average molecular weight is 255 g/mol. The molecule has 0 aromatic heterocycles. The summed E-state index contributed by atoms with van der Waals surface area (Å²) in [7, 11) is 3.58. The third-order valence-electron chi connectivity index (χ3n) is 4.11. The summed E-state index contributed by atoms with van der Waals surface area (Å²) in [6.45, 7) is 3.06. The topological polar surface area (TPSA) is 55.8 Å². The minimum atomic E-state index is -0.567. The summed E-state index contributed by atoms with van der Waals surface area (Å²) in [6, 6.07) is -0.127. The summed E-state index contributed by atoms with van der Waals surface area (Å²) in [5, 5.41) is 13.8. The van der Waals surface area contributed by atoms with Gasteiger partial charge in [0, 0.05) is 40.3 Å². The molecule has 2 N–H and O–H groups in total. The molecule has 2 rings (SSSR count). The van der Waals surface area contributed by atoms with Crippen LogP contribution in [0.25, 0.3) is 0 Å². The van der Waals surface area contributed by atoms with Crippen molar-refractivity contribution in [1.29, 1.82) is 0 Å². The van der Waals surface area contributed by atoms with Crippen LogP contribution >= 0.6 is 0 Å². The van der Waals surface area contributed by atoms with E-state index in [2.05, 4.69) is 10.2 Å². The van der Waals surface area contributed by atoms with Gasteiger partial charge in [-0.05, 0) is 12.8 Å². The Bertz CT molecular complexity index is 301. The number of likely N-dealkylation sites (N-methyl/N-ethyl adjacent to an activating group) is 1. The number of hydrogen-bond acceptors (Lipinski definition) is 4. The standard InChI is InChI=1S/C13H25N3O2/c1-15(2)12(17)11-9-14-7-8-16(11)10-13(18)5-3-4-6-13/h11,14,18H,3-10H2,1-2H3. The fourth-order valence-electron chi connectivity index (χ4n) is 3.05. The van der Waals surface area contributed by atoms with Crippen LogP contribution < -0.4 is 5.32 Å². The molecule has 0 aromatic rings. The summed E-state index contributed by atoms with van der Waals surface area (Å²) in [5.41, 5.74) is -0.567. The number of hydrogen-bond donors (Lipinski definition) is 2. The number of rotatable bonds is 3. The first-order valence-electron chi connectivity index (χ1n) is 6.90. The van der Waals surface area contributed by atoms with E-state index in [4.69, 9.17) is 0 Å². The van der Waals surface area contributed by atoms with E-state index >= 15 is 0 Å². The van der Waals surface area contributed by atoms with Gasteiger partial charge in [0.2, 0.25) is 5.91 Å². The first-order chi connectivity index (χ1) is 8.52. The SMILES string of the molecule is CN(C)C(=O)C1CNCCN1CC1(O)CCCC1. The number of β-amino-alcohol motifs (C(OH)–C–C–N with tert-alkyl or cyclic N) is 1. The van der Waals surface area contributed by atoms with Crippen LogP contribution in [0.5, 0.6) is 0 Å². The van der Waals surface area contributed by atoms with Crippen molar-refractivity contribution in [3.8, 4) is 0 Å². The Morgan fingerprint density at radius 1 is 1.44 bits per heavy atom. The minimum Gasteiger partial charge on any atom is -0.389 e. The number of carbonyl (C=O) groups is 1. The van der Waals surface area contributed by atoms with Gasteiger partial charge in [-0.2, -0.15) is 0 Å². The number of amides is 1. The van der Waals surface area contributed by atoms with Crippen molar-refractivity contribution in [3.63, 3.8) is 0 Å². The Balaban J connectivity index is 2.01. The summed E-state index contributed by atoms with van der Waals surface area (Å²) in [6.07, 6.45) is 3.96. The molecular weight excluding hydrogens is 230 g/mol. The van der Waals surface area contributed by atoms with Gasteiger partial charge in [0.1, 0.15) is 6.04 Å². The van der Waals surface area contributed by atoms with Crippen molar-refractivity contribution in [1.82, 2.24) is 15.1 Å². The molecule has 1 aliphatic heterocycles. The molecule has 1 heterocycles. The zero-order chi connectivity index (χ0) is 13.2.